The van der Waals surface area contributed by atoms with Crippen LogP contribution in [0.4, 0.5) is 0 Å². The van der Waals surface area contributed by atoms with Gasteiger partial charge in [0.05, 0.1) is 5.69 Å². The van der Waals surface area contributed by atoms with E-state index in [0.717, 1.165) is 27.0 Å². The third kappa shape index (κ3) is 4.07. The summed E-state index contributed by atoms with van der Waals surface area (Å²) in [7, 11) is 0. The van der Waals surface area contributed by atoms with Gasteiger partial charge >= 0.3 is 0 Å². The number of hydrogen-bond acceptors (Lipinski definition) is 4. The molecule has 1 heterocycles. The predicted molar refractivity (Wildman–Crippen MR) is 100 cm³/mol. The van der Waals surface area contributed by atoms with E-state index in [2.05, 4.69) is 35.9 Å². The number of thioether (sulfide) groups is 2. The summed E-state index contributed by atoms with van der Waals surface area (Å²) in [6.45, 7) is 0. The summed E-state index contributed by atoms with van der Waals surface area (Å²) in [5.74, 6) is 0.892. The van der Waals surface area contributed by atoms with E-state index in [1.54, 1.807) is 23.1 Å². The van der Waals surface area contributed by atoms with Crippen molar-refractivity contribution in [2.24, 2.45) is 0 Å². The first-order valence-electron chi connectivity index (χ1n) is 6.72. The fraction of sp³-hybridized carbons (Fsp3) is 0.118. The van der Waals surface area contributed by atoms with Crippen LogP contribution in [0.1, 0.15) is 5.69 Å². The van der Waals surface area contributed by atoms with Gasteiger partial charge in [0.15, 0.2) is 0 Å². The molecule has 0 fully saturated rings. The first kappa shape index (κ1) is 15.9. The van der Waals surface area contributed by atoms with E-state index < -0.39 is 0 Å². The summed E-state index contributed by atoms with van der Waals surface area (Å²) < 4.78 is 0. The van der Waals surface area contributed by atoms with Crippen LogP contribution in [0, 0.1) is 0 Å². The molecular formula is C17H14ClNS3. The summed E-state index contributed by atoms with van der Waals surface area (Å²) in [4.78, 5) is 7.28. The maximum Gasteiger partial charge on any atom is 0.123 e. The zero-order valence-electron chi connectivity index (χ0n) is 12.0. The molecule has 0 aliphatic carbocycles. The second-order valence-corrected chi connectivity index (χ2v) is 7.84. The first-order valence-corrected chi connectivity index (χ1v) is 10.2. The highest BCUT2D eigenvalue weighted by molar-refractivity contribution is 7.99. The Hall–Kier alpha value is -0.940. The van der Waals surface area contributed by atoms with E-state index in [0.29, 0.717) is 0 Å². The first-order chi connectivity index (χ1) is 10.7. The van der Waals surface area contributed by atoms with Crippen LogP contribution in [0.5, 0.6) is 0 Å². The van der Waals surface area contributed by atoms with Crippen LogP contribution in [0.2, 0.25) is 5.02 Å². The number of halogens is 1. The Morgan fingerprint density at radius 1 is 1.00 bits per heavy atom. The molecule has 3 rings (SSSR count). The minimum atomic E-state index is 0.754. The second kappa shape index (κ2) is 7.55. The number of nitrogens with zero attached hydrogens (tertiary/aromatic N) is 1. The zero-order chi connectivity index (χ0) is 15.4. The summed E-state index contributed by atoms with van der Waals surface area (Å²) in [6, 6.07) is 16.5. The minimum absolute atomic E-state index is 0.754. The molecule has 0 saturated heterocycles. The quantitative estimate of drug-likeness (QED) is 0.481. The van der Waals surface area contributed by atoms with E-state index in [1.165, 1.54) is 9.79 Å². The van der Waals surface area contributed by atoms with Crippen molar-refractivity contribution in [3.8, 4) is 10.6 Å². The lowest BCUT2D eigenvalue weighted by Gasteiger charge is -2.01. The monoisotopic (exact) mass is 363 g/mol. The molecular weight excluding hydrogens is 350 g/mol. The molecule has 0 spiro atoms. The molecule has 5 heteroatoms. The van der Waals surface area contributed by atoms with Gasteiger partial charge in [0.25, 0.3) is 0 Å². The van der Waals surface area contributed by atoms with Gasteiger partial charge in [-0.3, -0.25) is 0 Å². The molecule has 0 N–H and O–H groups in total. The summed E-state index contributed by atoms with van der Waals surface area (Å²) in [5, 5.41) is 3.93. The Morgan fingerprint density at radius 2 is 1.68 bits per heavy atom. The third-order valence-electron chi connectivity index (χ3n) is 3.09. The Kier molecular flexibility index (Phi) is 5.47. The molecule has 1 aromatic heterocycles. The van der Waals surface area contributed by atoms with E-state index in [-0.39, 0.29) is 0 Å². The molecule has 0 radical (unpaired) electrons. The van der Waals surface area contributed by atoms with Crippen LogP contribution < -0.4 is 0 Å². The number of thiazole rings is 1. The van der Waals surface area contributed by atoms with Crippen LogP contribution in [-0.2, 0) is 5.75 Å². The minimum Gasteiger partial charge on any atom is -0.240 e. The van der Waals surface area contributed by atoms with Crippen molar-refractivity contribution in [1.29, 1.82) is 0 Å². The standard InChI is InChI=1S/C17H14ClNS3/c1-20-15-6-8-16(9-7-15)21-10-14-11-22-17(19-14)12-2-4-13(18)5-3-12/h2-9,11H,10H2,1H3. The van der Waals surface area contributed by atoms with Crippen molar-refractivity contribution in [3.63, 3.8) is 0 Å². The van der Waals surface area contributed by atoms with Gasteiger partial charge in [-0.05, 0) is 42.7 Å². The van der Waals surface area contributed by atoms with Crippen LogP contribution in [0.25, 0.3) is 10.6 Å². The van der Waals surface area contributed by atoms with E-state index in [4.69, 9.17) is 16.6 Å². The van der Waals surface area contributed by atoms with E-state index in [9.17, 15) is 0 Å². The normalized spacial score (nSPS) is 10.8. The summed E-state index contributed by atoms with van der Waals surface area (Å²) >= 11 is 11.2. The van der Waals surface area contributed by atoms with Gasteiger partial charge in [-0.25, -0.2) is 4.98 Å². The van der Waals surface area contributed by atoms with E-state index >= 15 is 0 Å². The molecule has 0 unspecified atom stereocenters. The van der Waals surface area contributed by atoms with Gasteiger partial charge in [-0.15, -0.1) is 34.9 Å². The molecule has 3 aromatic rings. The van der Waals surface area contributed by atoms with Gasteiger partial charge in [-0.2, -0.15) is 0 Å². The second-order valence-electron chi connectivity index (χ2n) is 4.62. The third-order valence-corrected chi connectivity index (χ3v) is 6.07. The van der Waals surface area contributed by atoms with Crippen molar-refractivity contribution in [3.05, 3.63) is 64.6 Å². The van der Waals surface area contributed by atoms with Crippen molar-refractivity contribution in [1.82, 2.24) is 4.98 Å². The number of aromatic nitrogens is 1. The molecule has 0 aliphatic heterocycles. The van der Waals surface area contributed by atoms with Crippen LogP contribution >= 0.6 is 46.5 Å². The molecule has 0 amide bonds. The average Bonchev–Trinajstić information content (AvgIpc) is 3.03. The number of rotatable bonds is 5. The van der Waals surface area contributed by atoms with Crippen LogP contribution in [0.15, 0.2) is 63.7 Å². The molecule has 0 aliphatic rings. The Labute approximate surface area is 148 Å². The Balaban J connectivity index is 1.65. The highest BCUT2D eigenvalue weighted by Crippen LogP contribution is 2.29. The zero-order valence-corrected chi connectivity index (χ0v) is 15.2. The number of benzene rings is 2. The topological polar surface area (TPSA) is 12.9 Å². The van der Waals surface area contributed by atoms with Gasteiger partial charge in [0, 0.05) is 31.5 Å². The van der Waals surface area contributed by atoms with Gasteiger partial charge in [0.2, 0.25) is 0 Å². The van der Waals surface area contributed by atoms with Gasteiger partial charge in [0.1, 0.15) is 5.01 Å². The van der Waals surface area contributed by atoms with Gasteiger partial charge < -0.3 is 0 Å². The maximum absolute atomic E-state index is 5.92. The Bertz CT molecular complexity index is 735. The van der Waals surface area contributed by atoms with Crippen molar-refractivity contribution < 1.29 is 0 Å². The highest BCUT2D eigenvalue weighted by atomic mass is 35.5. The maximum atomic E-state index is 5.92. The van der Waals surface area contributed by atoms with Crippen LogP contribution in [-0.4, -0.2) is 11.2 Å². The molecule has 1 nitrogen and oxygen atoms in total. The van der Waals surface area contributed by atoms with E-state index in [1.807, 2.05) is 36.0 Å². The predicted octanol–water partition coefficient (Wildman–Crippen LogP) is 6.48. The molecule has 0 bridgehead atoms. The highest BCUT2D eigenvalue weighted by Gasteiger charge is 2.05. The smallest absolute Gasteiger partial charge is 0.123 e. The largest absolute Gasteiger partial charge is 0.240 e. The SMILES string of the molecule is CSc1ccc(SCc2csc(-c3ccc(Cl)cc3)n2)cc1. The van der Waals surface area contributed by atoms with Crippen LogP contribution in [0.3, 0.4) is 0 Å². The molecule has 0 saturated carbocycles. The van der Waals surface area contributed by atoms with Gasteiger partial charge in [-0.1, -0.05) is 23.7 Å². The average molecular weight is 364 g/mol. The lowest BCUT2D eigenvalue weighted by Crippen LogP contribution is -1.82. The Morgan fingerprint density at radius 3 is 2.36 bits per heavy atom. The summed E-state index contributed by atoms with van der Waals surface area (Å²) in [6.07, 6.45) is 2.09. The lowest BCUT2D eigenvalue weighted by molar-refractivity contribution is 1.23. The van der Waals surface area contributed by atoms with Crippen molar-refractivity contribution >= 4 is 46.5 Å². The molecule has 2 aromatic carbocycles. The molecule has 22 heavy (non-hydrogen) atoms. The molecule has 0 atom stereocenters. The summed E-state index contributed by atoms with van der Waals surface area (Å²) in [5.41, 5.74) is 2.24. The number of hydrogen-bond donors (Lipinski definition) is 0. The lowest BCUT2D eigenvalue weighted by atomic mass is 10.2. The van der Waals surface area contributed by atoms with Crippen molar-refractivity contribution in [2.75, 3.05) is 6.26 Å². The fourth-order valence-corrected chi connectivity index (χ4v) is 4.18. The molecule has 112 valence electrons. The fourth-order valence-electron chi connectivity index (χ4n) is 1.93. The van der Waals surface area contributed by atoms with Crippen molar-refractivity contribution in [2.45, 2.75) is 15.5 Å².